The van der Waals surface area contributed by atoms with E-state index in [1.165, 1.54) is 25.7 Å². The Balaban J connectivity index is -0.000000135. The zero-order valence-corrected chi connectivity index (χ0v) is 12.3. The van der Waals surface area contributed by atoms with Gasteiger partial charge in [0, 0.05) is 0 Å². The zero-order chi connectivity index (χ0) is 12.0. The van der Waals surface area contributed by atoms with Crippen LogP contribution in [0.2, 0.25) is 0 Å². The molecule has 0 aliphatic carbocycles. The van der Waals surface area contributed by atoms with Gasteiger partial charge in [-0.25, -0.2) is 0 Å². The minimum Gasteiger partial charge on any atom is -0.177 e. The van der Waals surface area contributed by atoms with Crippen molar-refractivity contribution in [1.29, 1.82) is 0 Å². The normalized spacial score (nSPS) is 9.00. The standard InChI is InChI=1S/C6H14.C4H10.C3H8S/c1-4-5-6(2)3;1-3-4-2;1-3(2)4/h6H,4-5H2,1-3H3;3-4H2,1-2H3;3-4H,1-2H3. The Hall–Kier alpha value is 0.350. The summed E-state index contributed by atoms with van der Waals surface area (Å²) in [7, 11) is 0. The molecule has 0 amide bonds. The largest absolute Gasteiger partial charge is 0.177 e. The van der Waals surface area contributed by atoms with Gasteiger partial charge in [-0.15, -0.1) is 0 Å². The van der Waals surface area contributed by atoms with E-state index in [9.17, 15) is 0 Å². The molecule has 1 heteroatoms. The van der Waals surface area contributed by atoms with Crippen molar-refractivity contribution in [2.24, 2.45) is 5.92 Å². The minimum absolute atomic E-state index is 0.528. The van der Waals surface area contributed by atoms with Crippen LogP contribution in [0.3, 0.4) is 0 Å². The van der Waals surface area contributed by atoms with Gasteiger partial charge < -0.3 is 0 Å². The molecule has 0 aliphatic rings. The minimum atomic E-state index is 0.528. The summed E-state index contributed by atoms with van der Waals surface area (Å²) in [4.78, 5) is 0. The molecule has 0 spiro atoms. The Kier molecular flexibility index (Phi) is 27.0. The van der Waals surface area contributed by atoms with Crippen molar-refractivity contribution >= 4 is 12.6 Å². The third kappa shape index (κ3) is 84.1. The molecule has 0 aliphatic heterocycles. The summed E-state index contributed by atoms with van der Waals surface area (Å²) in [6.07, 6.45) is 5.34. The lowest BCUT2D eigenvalue weighted by molar-refractivity contribution is 0.576. The number of hydrogen-bond donors (Lipinski definition) is 1. The molecule has 90 valence electrons. The second-order valence-electron chi connectivity index (χ2n) is 4.28. The molecule has 0 unspecified atom stereocenters. The molecule has 0 N–H and O–H groups in total. The summed E-state index contributed by atoms with van der Waals surface area (Å²) in [5.41, 5.74) is 0. The van der Waals surface area contributed by atoms with Gasteiger partial charge in [0.05, 0.1) is 0 Å². The molecule has 14 heavy (non-hydrogen) atoms. The average molecular weight is 220 g/mol. The van der Waals surface area contributed by atoms with Crippen LogP contribution in [0.15, 0.2) is 0 Å². The summed E-state index contributed by atoms with van der Waals surface area (Å²) in [6.45, 7) is 15.2. The second kappa shape index (κ2) is 19.0. The summed E-state index contributed by atoms with van der Waals surface area (Å²) in [5.74, 6) is 0.898. The van der Waals surface area contributed by atoms with E-state index >= 15 is 0 Å². The molecule has 0 saturated carbocycles. The molecular formula is C13H32S. The van der Waals surface area contributed by atoms with Gasteiger partial charge in [0.25, 0.3) is 0 Å². The van der Waals surface area contributed by atoms with Crippen molar-refractivity contribution in [1.82, 2.24) is 0 Å². The molecule has 0 nitrogen and oxygen atoms in total. The van der Waals surface area contributed by atoms with Crippen molar-refractivity contribution in [3.63, 3.8) is 0 Å². The Labute approximate surface area is 98.3 Å². The molecular weight excluding hydrogens is 188 g/mol. The van der Waals surface area contributed by atoms with E-state index in [-0.39, 0.29) is 0 Å². The third-order valence-corrected chi connectivity index (χ3v) is 1.37. The van der Waals surface area contributed by atoms with E-state index in [0.29, 0.717) is 5.25 Å². The van der Waals surface area contributed by atoms with Gasteiger partial charge in [0.15, 0.2) is 0 Å². The van der Waals surface area contributed by atoms with Crippen molar-refractivity contribution in [3.05, 3.63) is 0 Å². The fourth-order valence-electron chi connectivity index (χ4n) is 0.577. The highest BCUT2D eigenvalue weighted by atomic mass is 32.1. The van der Waals surface area contributed by atoms with Crippen LogP contribution in [0.25, 0.3) is 0 Å². The van der Waals surface area contributed by atoms with Crippen molar-refractivity contribution in [2.45, 2.75) is 79.4 Å². The van der Waals surface area contributed by atoms with Crippen LogP contribution < -0.4 is 0 Å². The van der Waals surface area contributed by atoms with Crippen LogP contribution in [0.5, 0.6) is 0 Å². The summed E-state index contributed by atoms with van der Waals surface area (Å²) < 4.78 is 0. The number of thiol groups is 1. The van der Waals surface area contributed by atoms with Gasteiger partial charge in [-0.1, -0.05) is 74.1 Å². The van der Waals surface area contributed by atoms with Crippen LogP contribution in [-0.2, 0) is 0 Å². The van der Waals surface area contributed by atoms with Crippen LogP contribution >= 0.6 is 12.6 Å². The topological polar surface area (TPSA) is 0 Å². The quantitative estimate of drug-likeness (QED) is 0.590. The Morgan fingerprint density at radius 1 is 0.786 bits per heavy atom. The molecule has 0 bridgehead atoms. The van der Waals surface area contributed by atoms with Gasteiger partial charge in [-0.05, 0) is 11.2 Å². The fraction of sp³-hybridized carbons (Fsp3) is 1.00. The Bertz CT molecular complexity index is 62.9. The lowest BCUT2D eigenvalue weighted by Crippen LogP contribution is -1.81. The van der Waals surface area contributed by atoms with E-state index in [1.807, 2.05) is 13.8 Å². The van der Waals surface area contributed by atoms with Crippen molar-refractivity contribution in [3.8, 4) is 0 Å². The van der Waals surface area contributed by atoms with Crippen LogP contribution in [0, 0.1) is 5.92 Å². The number of unbranched alkanes of at least 4 members (excludes halogenated alkanes) is 1. The van der Waals surface area contributed by atoms with E-state index in [1.54, 1.807) is 0 Å². The Morgan fingerprint density at radius 3 is 1.07 bits per heavy atom. The molecule has 0 radical (unpaired) electrons. The molecule has 0 atom stereocenters. The number of rotatable bonds is 3. The lowest BCUT2D eigenvalue weighted by atomic mass is 10.1. The fourth-order valence-corrected chi connectivity index (χ4v) is 0.577. The molecule has 0 heterocycles. The second-order valence-corrected chi connectivity index (χ2v) is 5.31. The SMILES string of the molecule is CC(C)S.CCCC.CCCC(C)C. The summed E-state index contributed by atoms with van der Waals surface area (Å²) in [6, 6.07) is 0. The predicted molar refractivity (Wildman–Crippen MR) is 74.5 cm³/mol. The van der Waals surface area contributed by atoms with Gasteiger partial charge in [-0.3, -0.25) is 0 Å². The highest BCUT2D eigenvalue weighted by Gasteiger charge is 1.85. The van der Waals surface area contributed by atoms with E-state index in [0.717, 1.165) is 5.92 Å². The number of hydrogen-bond acceptors (Lipinski definition) is 1. The van der Waals surface area contributed by atoms with E-state index < -0.39 is 0 Å². The summed E-state index contributed by atoms with van der Waals surface area (Å²) in [5, 5.41) is 0.528. The first kappa shape index (κ1) is 19.9. The molecule has 0 rings (SSSR count). The van der Waals surface area contributed by atoms with Crippen molar-refractivity contribution in [2.75, 3.05) is 0 Å². The maximum absolute atomic E-state index is 3.97. The van der Waals surface area contributed by atoms with Crippen molar-refractivity contribution < 1.29 is 0 Å². The highest BCUT2D eigenvalue weighted by molar-refractivity contribution is 7.80. The molecule has 0 fully saturated rings. The van der Waals surface area contributed by atoms with Crippen LogP contribution in [0.1, 0.15) is 74.1 Å². The zero-order valence-electron chi connectivity index (χ0n) is 11.4. The first-order chi connectivity index (χ1) is 6.42. The van der Waals surface area contributed by atoms with Gasteiger partial charge in [0.1, 0.15) is 0 Å². The summed E-state index contributed by atoms with van der Waals surface area (Å²) >= 11 is 3.97. The lowest BCUT2D eigenvalue weighted by Gasteiger charge is -1.95. The maximum Gasteiger partial charge on any atom is -0.00399 e. The highest BCUT2D eigenvalue weighted by Crippen LogP contribution is 2.00. The predicted octanol–water partition coefficient (Wildman–Crippen LogP) is 5.57. The first-order valence-electron chi connectivity index (χ1n) is 6.10. The molecule has 0 aromatic carbocycles. The molecule has 0 aromatic rings. The maximum atomic E-state index is 3.97. The third-order valence-electron chi connectivity index (χ3n) is 1.37. The molecule has 0 aromatic heterocycles. The first-order valence-corrected chi connectivity index (χ1v) is 6.61. The average Bonchev–Trinajstić information content (AvgIpc) is 2.03. The molecule has 0 saturated heterocycles. The van der Waals surface area contributed by atoms with Gasteiger partial charge >= 0.3 is 0 Å². The Morgan fingerprint density at radius 2 is 1.07 bits per heavy atom. The smallest absolute Gasteiger partial charge is 0.00399 e. The van der Waals surface area contributed by atoms with Crippen LogP contribution in [0.4, 0.5) is 0 Å². The van der Waals surface area contributed by atoms with Crippen LogP contribution in [-0.4, -0.2) is 5.25 Å². The van der Waals surface area contributed by atoms with E-state index in [2.05, 4.69) is 47.2 Å². The van der Waals surface area contributed by atoms with E-state index in [4.69, 9.17) is 0 Å². The monoisotopic (exact) mass is 220 g/mol. The van der Waals surface area contributed by atoms with Gasteiger partial charge in [0.2, 0.25) is 0 Å². The van der Waals surface area contributed by atoms with Gasteiger partial charge in [-0.2, -0.15) is 12.6 Å².